The van der Waals surface area contributed by atoms with Gasteiger partial charge in [0.2, 0.25) is 0 Å². The first kappa shape index (κ1) is 13.1. The Kier molecular flexibility index (Phi) is 3.16. The molecule has 3 heterocycles. The van der Waals surface area contributed by atoms with Crippen molar-refractivity contribution in [3.05, 3.63) is 42.9 Å². The molecule has 6 nitrogen and oxygen atoms in total. The molecule has 0 saturated carbocycles. The second kappa shape index (κ2) is 5.31. The van der Waals surface area contributed by atoms with E-state index in [4.69, 9.17) is 4.74 Å². The van der Waals surface area contributed by atoms with Crippen molar-refractivity contribution in [3.8, 4) is 17.0 Å². The van der Waals surface area contributed by atoms with Crippen LogP contribution >= 0.6 is 0 Å². The number of aromatic nitrogens is 3. The number of hydrogen-bond acceptors (Lipinski definition) is 5. The van der Waals surface area contributed by atoms with Crippen molar-refractivity contribution in [1.29, 1.82) is 0 Å². The summed E-state index contributed by atoms with van der Waals surface area (Å²) in [5.74, 6) is 1.12. The van der Waals surface area contributed by atoms with Gasteiger partial charge in [-0.05, 0) is 12.1 Å². The molecule has 0 aliphatic carbocycles. The molecule has 22 heavy (non-hydrogen) atoms. The maximum absolute atomic E-state index is 9.68. The van der Waals surface area contributed by atoms with Crippen molar-refractivity contribution in [1.82, 2.24) is 14.4 Å². The first-order valence-corrected chi connectivity index (χ1v) is 7.27. The molecule has 1 aliphatic heterocycles. The number of rotatable bonds is 2. The lowest BCUT2D eigenvalue weighted by molar-refractivity contribution is 0.122. The highest BCUT2D eigenvalue weighted by molar-refractivity contribution is 5.71. The zero-order valence-corrected chi connectivity index (χ0v) is 12.0. The van der Waals surface area contributed by atoms with Gasteiger partial charge in [0.25, 0.3) is 0 Å². The van der Waals surface area contributed by atoms with Crippen molar-refractivity contribution in [3.63, 3.8) is 0 Å². The zero-order valence-electron chi connectivity index (χ0n) is 12.0. The molecule has 0 atom stereocenters. The molecule has 112 valence electrons. The van der Waals surface area contributed by atoms with Gasteiger partial charge in [-0.25, -0.2) is 9.97 Å². The quantitative estimate of drug-likeness (QED) is 0.783. The minimum absolute atomic E-state index is 0.245. The lowest BCUT2D eigenvalue weighted by Gasteiger charge is -2.27. The summed E-state index contributed by atoms with van der Waals surface area (Å²) in [7, 11) is 0. The molecule has 1 fully saturated rings. The molecule has 0 spiro atoms. The van der Waals surface area contributed by atoms with Crippen LogP contribution in [0.1, 0.15) is 0 Å². The van der Waals surface area contributed by atoms with Crippen LogP contribution in [0.2, 0.25) is 0 Å². The Morgan fingerprint density at radius 3 is 2.82 bits per heavy atom. The number of fused-ring (bicyclic) bond motifs is 1. The fourth-order valence-corrected chi connectivity index (χ4v) is 2.78. The van der Waals surface area contributed by atoms with Gasteiger partial charge in [-0.15, -0.1) is 0 Å². The van der Waals surface area contributed by atoms with Crippen molar-refractivity contribution in [2.24, 2.45) is 0 Å². The Morgan fingerprint density at radius 1 is 1.14 bits per heavy atom. The minimum atomic E-state index is 0.245. The van der Waals surface area contributed by atoms with Crippen LogP contribution in [0.5, 0.6) is 5.75 Å². The number of morpholine rings is 1. The number of hydrogen-bond donors (Lipinski definition) is 1. The molecule has 0 unspecified atom stereocenters. The number of phenolic OH excluding ortho intramolecular Hbond substituents is 1. The Balaban J connectivity index is 1.83. The molecule has 0 amide bonds. The number of phenols is 1. The summed E-state index contributed by atoms with van der Waals surface area (Å²) in [4.78, 5) is 11.2. The molecule has 4 rings (SSSR count). The lowest BCUT2D eigenvalue weighted by Crippen LogP contribution is -2.37. The van der Waals surface area contributed by atoms with Crippen molar-refractivity contribution in [2.75, 3.05) is 31.2 Å². The van der Waals surface area contributed by atoms with Crippen LogP contribution in [-0.4, -0.2) is 45.8 Å². The number of nitrogens with zero attached hydrogens (tertiary/aromatic N) is 4. The van der Waals surface area contributed by atoms with Crippen LogP contribution in [0.25, 0.3) is 16.9 Å². The van der Waals surface area contributed by atoms with Gasteiger partial charge in [-0.2, -0.15) is 0 Å². The molecule has 0 radical (unpaired) electrons. The average Bonchev–Trinajstić information content (AvgIpc) is 3.00. The van der Waals surface area contributed by atoms with E-state index in [2.05, 4.69) is 14.9 Å². The van der Waals surface area contributed by atoms with Gasteiger partial charge in [0.05, 0.1) is 25.1 Å². The van der Waals surface area contributed by atoms with Crippen LogP contribution in [0.3, 0.4) is 0 Å². The third kappa shape index (κ3) is 2.17. The molecule has 1 aliphatic rings. The number of benzene rings is 1. The number of imidazole rings is 1. The third-order valence-electron chi connectivity index (χ3n) is 3.86. The fourth-order valence-electron chi connectivity index (χ4n) is 2.78. The lowest BCUT2D eigenvalue weighted by atomic mass is 10.1. The summed E-state index contributed by atoms with van der Waals surface area (Å²) in [6.45, 7) is 3.06. The van der Waals surface area contributed by atoms with E-state index in [0.717, 1.165) is 35.8 Å². The largest absolute Gasteiger partial charge is 0.508 e. The molecule has 1 N–H and O–H groups in total. The van der Waals surface area contributed by atoms with E-state index in [0.29, 0.717) is 13.2 Å². The van der Waals surface area contributed by atoms with Crippen LogP contribution in [0.15, 0.2) is 42.9 Å². The van der Waals surface area contributed by atoms with Gasteiger partial charge >= 0.3 is 0 Å². The highest BCUT2D eigenvalue weighted by atomic mass is 16.5. The summed E-state index contributed by atoms with van der Waals surface area (Å²) in [6, 6.07) is 7.18. The molecule has 6 heteroatoms. The van der Waals surface area contributed by atoms with Crippen molar-refractivity contribution >= 4 is 11.5 Å². The van der Waals surface area contributed by atoms with E-state index >= 15 is 0 Å². The number of anilines is 1. The van der Waals surface area contributed by atoms with E-state index in [-0.39, 0.29) is 5.75 Å². The molecule has 3 aromatic rings. The molecule has 0 bridgehead atoms. The summed E-state index contributed by atoms with van der Waals surface area (Å²) in [6.07, 6.45) is 5.49. The summed E-state index contributed by atoms with van der Waals surface area (Å²) < 4.78 is 7.40. The summed E-state index contributed by atoms with van der Waals surface area (Å²) in [5.41, 5.74) is 2.68. The average molecular weight is 296 g/mol. The standard InChI is InChI=1S/C16H16N4O2/c21-13-3-1-2-12(10-13)14-11-18-16-15(17-4-5-20(14)16)19-6-8-22-9-7-19/h1-5,10-11,21H,6-9H2. The first-order chi connectivity index (χ1) is 10.8. The van der Waals surface area contributed by atoms with E-state index in [1.54, 1.807) is 18.3 Å². The maximum Gasteiger partial charge on any atom is 0.180 e. The monoisotopic (exact) mass is 296 g/mol. The Labute approximate surface area is 127 Å². The van der Waals surface area contributed by atoms with E-state index in [9.17, 15) is 5.11 Å². The third-order valence-corrected chi connectivity index (χ3v) is 3.86. The topological polar surface area (TPSA) is 62.9 Å². The van der Waals surface area contributed by atoms with Crippen LogP contribution < -0.4 is 4.90 Å². The SMILES string of the molecule is Oc1cccc(-c2cnc3c(N4CCOCC4)nccn23)c1. The predicted octanol–water partition coefficient (Wildman–Crippen LogP) is 1.94. The summed E-state index contributed by atoms with van der Waals surface area (Å²) >= 11 is 0. The minimum Gasteiger partial charge on any atom is -0.508 e. The van der Waals surface area contributed by atoms with Gasteiger partial charge in [-0.1, -0.05) is 12.1 Å². The normalized spacial score (nSPS) is 15.4. The second-order valence-corrected chi connectivity index (χ2v) is 5.24. The first-order valence-electron chi connectivity index (χ1n) is 7.27. The van der Waals surface area contributed by atoms with Gasteiger partial charge < -0.3 is 14.7 Å². The van der Waals surface area contributed by atoms with Crippen LogP contribution in [-0.2, 0) is 4.74 Å². The molecule has 2 aromatic heterocycles. The van der Waals surface area contributed by atoms with Gasteiger partial charge in [0.1, 0.15) is 5.75 Å². The predicted molar refractivity (Wildman–Crippen MR) is 83.1 cm³/mol. The van der Waals surface area contributed by atoms with Crippen molar-refractivity contribution in [2.45, 2.75) is 0 Å². The molecule has 1 aromatic carbocycles. The van der Waals surface area contributed by atoms with E-state index < -0.39 is 0 Å². The number of ether oxygens (including phenoxy) is 1. The van der Waals surface area contributed by atoms with Gasteiger partial charge in [0, 0.05) is 31.0 Å². The zero-order chi connectivity index (χ0) is 14.9. The highest BCUT2D eigenvalue weighted by Crippen LogP contribution is 2.27. The van der Waals surface area contributed by atoms with Crippen LogP contribution in [0.4, 0.5) is 5.82 Å². The summed E-state index contributed by atoms with van der Waals surface area (Å²) in [5, 5.41) is 9.68. The van der Waals surface area contributed by atoms with Gasteiger partial charge in [-0.3, -0.25) is 4.40 Å². The highest BCUT2D eigenvalue weighted by Gasteiger charge is 2.18. The Bertz CT molecular complexity index is 809. The molecular weight excluding hydrogens is 280 g/mol. The van der Waals surface area contributed by atoms with Gasteiger partial charge in [0.15, 0.2) is 11.5 Å². The maximum atomic E-state index is 9.68. The van der Waals surface area contributed by atoms with E-state index in [1.807, 2.05) is 28.9 Å². The fraction of sp³-hybridized carbons (Fsp3) is 0.250. The Hall–Kier alpha value is -2.60. The van der Waals surface area contributed by atoms with E-state index in [1.165, 1.54) is 0 Å². The second-order valence-electron chi connectivity index (χ2n) is 5.24. The smallest absolute Gasteiger partial charge is 0.180 e. The molecule has 1 saturated heterocycles. The Morgan fingerprint density at radius 2 is 2.00 bits per heavy atom. The molecular formula is C16H16N4O2. The van der Waals surface area contributed by atoms with Crippen molar-refractivity contribution < 1.29 is 9.84 Å². The van der Waals surface area contributed by atoms with Crippen LogP contribution in [0, 0.1) is 0 Å². The number of aromatic hydroxyl groups is 1.